The van der Waals surface area contributed by atoms with E-state index in [9.17, 15) is 9.59 Å². The lowest BCUT2D eigenvalue weighted by Crippen LogP contribution is -2.22. The van der Waals surface area contributed by atoms with E-state index in [-0.39, 0.29) is 0 Å². The smallest absolute Gasteiger partial charge is 0.347 e. The highest BCUT2D eigenvalue weighted by Gasteiger charge is 2.30. The number of ether oxygens (including phenoxy) is 2. The van der Waals surface area contributed by atoms with E-state index >= 15 is 0 Å². The minimum absolute atomic E-state index is 0.312. The number of fused-ring (bicyclic) bond motifs is 1. The third kappa shape index (κ3) is 2.17. The van der Waals surface area contributed by atoms with Crippen LogP contribution in [0.1, 0.15) is 16.8 Å². The van der Waals surface area contributed by atoms with Crippen molar-refractivity contribution in [2.75, 3.05) is 6.61 Å². The molecule has 0 N–H and O–H groups in total. The highest BCUT2D eigenvalue weighted by atomic mass is 16.6. The zero-order valence-corrected chi connectivity index (χ0v) is 10.2. The molecule has 0 bridgehead atoms. The summed E-state index contributed by atoms with van der Waals surface area (Å²) in [7, 11) is 0. The summed E-state index contributed by atoms with van der Waals surface area (Å²) >= 11 is 0. The summed E-state index contributed by atoms with van der Waals surface area (Å²) in [5.74, 6) is -0.950. The minimum atomic E-state index is -0.772. The second-order valence-electron chi connectivity index (χ2n) is 4.38. The topological polar surface area (TPSA) is 52.6 Å². The molecule has 3 rings (SSSR count). The lowest BCUT2D eigenvalue weighted by Gasteiger charge is -2.10. The Kier molecular flexibility index (Phi) is 2.91. The van der Waals surface area contributed by atoms with Gasteiger partial charge in [-0.25, -0.2) is 9.59 Å². The molecular formula is C15H12O4. The van der Waals surface area contributed by atoms with Gasteiger partial charge in [0.1, 0.15) is 0 Å². The van der Waals surface area contributed by atoms with E-state index in [0.29, 0.717) is 18.6 Å². The summed E-state index contributed by atoms with van der Waals surface area (Å²) in [5.41, 5.74) is 0.470. The van der Waals surface area contributed by atoms with Crippen LogP contribution in [0.2, 0.25) is 0 Å². The van der Waals surface area contributed by atoms with Gasteiger partial charge in [0.05, 0.1) is 12.2 Å². The molecule has 1 fully saturated rings. The molecule has 0 spiro atoms. The van der Waals surface area contributed by atoms with Gasteiger partial charge in [0, 0.05) is 6.42 Å². The van der Waals surface area contributed by atoms with Gasteiger partial charge in [-0.05, 0) is 16.8 Å². The van der Waals surface area contributed by atoms with Crippen molar-refractivity contribution in [2.45, 2.75) is 12.5 Å². The molecule has 2 aromatic rings. The molecule has 96 valence electrons. The second kappa shape index (κ2) is 4.72. The molecule has 4 nitrogen and oxygen atoms in total. The van der Waals surface area contributed by atoms with Crippen molar-refractivity contribution >= 4 is 22.7 Å². The second-order valence-corrected chi connectivity index (χ2v) is 4.38. The van der Waals surface area contributed by atoms with Crippen LogP contribution in [0.25, 0.3) is 10.8 Å². The van der Waals surface area contributed by atoms with Crippen LogP contribution < -0.4 is 0 Å². The molecular weight excluding hydrogens is 244 g/mol. The predicted molar refractivity (Wildman–Crippen MR) is 68.7 cm³/mol. The van der Waals surface area contributed by atoms with Crippen LogP contribution in [0.15, 0.2) is 42.5 Å². The first-order valence-electron chi connectivity index (χ1n) is 6.11. The Morgan fingerprint density at radius 3 is 2.74 bits per heavy atom. The van der Waals surface area contributed by atoms with Crippen molar-refractivity contribution in [1.82, 2.24) is 0 Å². The van der Waals surface area contributed by atoms with Gasteiger partial charge in [0.25, 0.3) is 0 Å². The molecule has 0 saturated carbocycles. The molecule has 1 atom stereocenters. The van der Waals surface area contributed by atoms with Crippen molar-refractivity contribution in [2.24, 2.45) is 0 Å². The summed E-state index contributed by atoms with van der Waals surface area (Å²) in [6, 6.07) is 13.0. The Morgan fingerprint density at radius 1 is 1.16 bits per heavy atom. The average Bonchev–Trinajstić information content (AvgIpc) is 2.83. The maximum Gasteiger partial charge on any atom is 0.347 e. The van der Waals surface area contributed by atoms with Crippen molar-refractivity contribution < 1.29 is 19.1 Å². The first-order chi connectivity index (χ1) is 9.25. The number of carbonyl (C=O) groups excluding carboxylic acids is 2. The van der Waals surface area contributed by atoms with E-state index in [4.69, 9.17) is 9.47 Å². The summed E-state index contributed by atoms with van der Waals surface area (Å²) in [6.45, 7) is 0.312. The van der Waals surface area contributed by atoms with Crippen LogP contribution in [0.4, 0.5) is 0 Å². The molecule has 1 aliphatic rings. The summed E-state index contributed by atoms with van der Waals surface area (Å²) in [4.78, 5) is 23.4. The van der Waals surface area contributed by atoms with Gasteiger partial charge in [0.2, 0.25) is 6.10 Å². The lowest BCUT2D eigenvalue weighted by atomic mass is 10.0. The number of hydrogen-bond acceptors (Lipinski definition) is 4. The van der Waals surface area contributed by atoms with Crippen LogP contribution >= 0.6 is 0 Å². The van der Waals surface area contributed by atoms with Gasteiger partial charge >= 0.3 is 11.9 Å². The highest BCUT2D eigenvalue weighted by Crippen LogP contribution is 2.21. The Morgan fingerprint density at radius 2 is 1.95 bits per heavy atom. The maximum absolute atomic E-state index is 12.1. The minimum Gasteiger partial charge on any atom is -0.463 e. The zero-order valence-electron chi connectivity index (χ0n) is 10.2. The Balaban J connectivity index is 1.91. The molecule has 0 amide bonds. The largest absolute Gasteiger partial charge is 0.463 e. The average molecular weight is 256 g/mol. The fourth-order valence-electron chi connectivity index (χ4n) is 2.18. The van der Waals surface area contributed by atoms with Crippen LogP contribution in [-0.2, 0) is 14.3 Å². The predicted octanol–water partition coefficient (Wildman–Crippen LogP) is 2.31. The summed E-state index contributed by atoms with van der Waals surface area (Å²) < 4.78 is 9.98. The monoisotopic (exact) mass is 256 g/mol. The van der Waals surface area contributed by atoms with Gasteiger partial charge < -0.3 is 9.47 Å². The van der Waals surface area contributed by atoms with E-state index in [1.54, 1.807) is 12.1 Å². The van der Waals surface area contributed by atoms with E-state index in [1.165, 1.54) is 0 Å². The molecule has 0 aliphatic carbocycles. The molecule has 1 heterocycles. The first-order valence-corrected chi connectivity index (χ1v) is 6.11. The van der Waals surface area contributed by atoms with Crippen molar-refractivity contribution in [1.29, 1.82) is 0 Å². The van der Waals surface area contributed by atoms with Gasteiger partial charge in [-0.15, -0.1) is 0 Å². The summed E-state index contributed by atoms with van der Waals surface area (Å²) in [5, 5.41) is 1.78. The van der Waals surface area contributed by atoms with E-state index < -0.39 is 18.0 Å². The number of hydrogen-bond donors (Lipinski definition) is 0. The third-order valence-electron chi connectivity index (χ3n) is 3.15. The van der Waals surface area contributed by atoms with Crippen molar-refractivity contribution in [3.8, 4) is 0 Å². The normalized spacial score (nSPS) is 18.3. The lowest BCUT2D eigenvalue weighted by molar-refractivity contribution is -0.145. The van der Waals surface area contributed by atoms with E-state index in [1.807, 2.05) is 30.3 Å². The molecule has 1 saturated heterocycles. The molecule has 2 aromatic carbocycles. The van der Waals surface area contributed by atoms with E-state index in [0.717, 1.165) is 10.8 Å². The van der Waals surface area contributed by atoms with Crippen molar-refractivity contribution in [3.05, 3.63) is 48.0 Å². The number of benzene rings is 2. The van der Waals surface area contributed by atoms with Gasteiger partial charge in [-0.2, -0.15) is 0 Å². The molecule has 0 aromatic heterocycles. The van der Waals surface area contributed by atoms with Gasteiger partial charge in [0.15, 0.2) is 0 Å². The number of cyclic esters (lactones) is 1. The van der Waals surface area contributed by atoms with Crippen LogP contribution in [0, 0.1) is 0 Å². The SMILES string of the molecule is O=C(O[C@@H]1CCOC1=O)c1cccc2ccccc12. The zero-order chi connectivity index (χ0) is 13.2. The van der Waals surface area contributed by atoms with E-state index in [2.05, 4.69) is 0 Å². The number of carbonyl (C=O) groups is 2. The summed E-state index contributed by atoms with van der Waals surface area (Å²) in [6.07, 6.45) is -0.346. The standard InChI is InChI=1S/C15H12O4/c16-14(19-13-8-9-18-15(13)17)12-7-3-5-10-4-1-2-6-11(10)12/h1-7,13H,8-9H2/t13-/m1/s1. The Hall–Kier alpha value is -2.36. The van der Waals surface area contributed by atoms with Crippen LogP contribution in [-0.4, -0.2) is 24.6 Å². The molecule has 1 aliphatic heterocycles. The number of rotatable bonds is 2. The maximum atomic E-state index is 12.1. The quantitative estimate of drug-likeness (QED) is 0.774. The third-order valence-corrected chi connectivity index (χ3v) is 3.15. The first kappa shape index (κ1) is 11.7. The highest BCUT2D eigenvalue weighted by molar-refractivity contribution is 6.05. The molecule has 0 unspecified atom stereocenters. The number of esters is 2. The molecule has 4 heteroatoms. The molecule has 19 heavy (non-hydrogen) atoms. The van der Waals surface area contributed by atoms with Gasteiger partial charge in [-0.1, -0.05) is 36.4 Å². The fourth-order valence-corrected chi connectivity index (χ4v) is 2.18. The Labute approximate surface area is 109 Å². The fraction of sp³-hybridized carbons (Fsp3) is 0.200. The van der Waals surface area contributed by atoms with Gasteiger partial charge in [-0.3, -0.25) is 0 Å². The van der Waals surface area contributed by atoms with Crippen LogP contribution in [0.5, 0.6) is 0 Å². The van der Waals surface area contributed by atoms with Crippen LogP contribution in [0.3, 0.4) is 0 Å². The Bertz CT molecular complexity index is 642. The molecule has 0 radical (unpaired) electrons. The van der Waals surface area contributed by atoms with Crippen molar-refractivity contribution in [3.63, 3.8) is 0 Å².